The van der Waals surface area contributed by atoms with Crippen molar-refractivity contribution in [2.75, 3.05) is 26.1 Å². The van der Waals surface area contributed by atoms with Gasteiger partial charge in [-0.1, -0.05) is 32.0 Å². The standard InChI is InChI=1S/C34H42N6O8/c1-20(2)16-26(30(43)37-18-25(29(35)42)22-8-11-27(47-4)28(17-22)48-5)40-31(44)34(14-12-24(41)13-15-34)39(33(40)46)19-21-6-9-23(10-7-21)38-32(45)36-3/h6-11,17,20,25-26H,3,12-16,18-19H2,1-2,4-5H3,(H2,35,42)(H,37,43)(H,38,45)/t25-,26+/m1/s1. The number of Topliss-reactive ketones (excluding diaryl/α,β-unsaturated/α-hetero) is 1. The molecule has 4 rings (SSSR count). The fourth-order valence-electron chi connectivity index (χ4n) is 6.25. The van der Waals surface area contributed by atoms with Crippen molar-refractivity contribution in [1.29, 1.82) is 0 Å². The first-order valence-corrected chi connectivity index (χ1v) is 15.7. The third-order valence-corrected chi connectivity index (χ3v) is 8.84. The Morgan fingerprint density at radius 1 is 1.00 bits per heavy atom. The molecule has 1 saturated heterocycles. The number of ketones is 1. The summed E-state index contributed by atoms with van der Waals surface area (Å²) in [4.78, 5) is 84.7. The number of aliphatic imine (C=N–C) groups is 1. The molecular weight excluding hydrogens is 620 g/mol. The monoisotopic (exact) mass is 662 g/mol. The van der Waals surface area contributed by atoms with Crippen LogP contribution in [-0.4, -0.2) is 84.4 Å². The van der Waals surface area contributed by atoms with Crippen LogP contribution in [-0.2, 0) is 25.7 Å². The number of amides is 7. The molecule has 0 bridgehead atoms. The van der Waals surface area contributed by atoms with Crippen LogP contribution in [0.1, 0.15) is 63.0 Å². The molecule has 1 aliphatic carbocycles. The molecule has 14 heteroatoms. The van der Waals surface area contributed by atoms with Crippen molar-refractivity contribution in [3.05, 3.63) is 53.6 Å². The van der Waals surface area contributed by atoms with E-state index in [1.165, 1.54) is 19.1 Å². The van der Waals surface area contributed by atoms with E-state index in [0.717, 1.165) is 4.90 Å². The number of nitrogens with one attached hydrogen (secondary N) is 2. The highest BCUT2D eigenvalue weighted by molar-refractivity contribution is 6.10. The number of anilines is 1. The molecule has 0 aromatic heterocycles. The maximum Gasteiger partial charge on any atom is 0.344 e. The first kappa shape index (κ1) is 35.6. The average molecular weight is 663 g/mol. The molecule has 7 amide bonds. The molecule has 2 aliphatic rings. The Balaban J connectivity index is 1.62. The Morgan fingerprint density at radius 3 is 2.21 bits per heavy atom. The maximum atomic E-state index is 14.3. The van der Waals surface area contributed by atoms with Crippen molar-refractivity contribution >= 4 is 48.0 Å². The average Bonchev–Trinajstić information content (AvgIpc) is 3.25. The van der Waals surface area contributed by atoms with Gasteiger partial charge in [0.2, 0.25) is 11.8 Å². The van der Waals surface area contributed by atoms with Crippen LogP contribution in [0.25, 0.3) is 0 Å². The van der Waals surface area contributed by atoms with Gasteiger partial charge in [0.15, 0.2) is 11.5 Å². The number of ether oxygens (including phenoxy) is 2. The number of carbonyl (C=O) groups is 6. The first-order valence-electron chi connectivity index (χ1n) is 15.7. The van der Waals surface area contributed by atoms with Gasteiger partial charge in [0.25, 0.3) is 5.91 Å². The summed E-state index contributed by atoms with van der Waals surface area (Å²) in [6.45, 7) is 6.77. The SMILES string of the molecule is C=NC(=O)Nc1ccc(CN2C(=O)N([C@@H](CC(C)C)C(=O)NC[C@@H](C(N)=O)c3ccc(OC)c(OC)c3)C(=O)C23CCC(=O)CC3)cc1. The molecule has 2 fully saturated rings. The number of hydrogen-bond donors (Lipinski definition) is 3. The second-order valence-corrected chi connectivity index (χ2v) is 12.4. The zero-order valence-corrected chi connectivity index (χ0v) is 27.6. The molecule has 1 saturated carbocycles. The van der Waals surface area contributed by atoms with Crippen LogP contribution < -0.4 is 25.8 Å². The second kappa shape index (κ2) is 15.1. The van der Waals surface area contributed by atoms with Gasteiger partial charge >= 0.3 is 12.1 Å². The Hall–Kier alpha value is -5.27. The van der Waals surface area contributed by atoms with Gasteiger partial charge in [-0.3, -0.25) is 19.2 Å². The van der Waals surface area contributed by atoms with E-state index in [4.69, 9.17) is 15.2 Å². The lowest BCUT2D eigenvalue weighted by Gasteiger charge is -2.37. The van der Waals surface area contributed by atoms with Crippen LogP contribution in [0.15, 0.2) is 47.5 Å². The zero-order valence-electron chi connectivity index (χ0n) is 27.6. The Kier molecular flexibility index (Phi) is 11.2. The van der Waals surface area contributed by atoms with Crippen molar-refractivity contribution < 1.29 is 38.2 Å². The van der Waals surface area contributed by atoms with Gasteiger partial charge in [-0.15, -0.1) is 0 Å². The van der Waals surface area contributed by atoms with Crippen LogP contribution in [0.3, 0.4) is 0 Å². The highest BCUT2D eigenvalue weighted by Crippen LogP contribution is 2.42. The van der Waals surface area contributed by atoms with Gasteiger partial charge in [0, 0.05) is 31.6 Å². The molecule has 48 heavy (non-hydrogen) atoms. The zero-order chi connectivity index (χ0) is 35.2. The van der Waals surface area contributed by atoms with Gasteiger partial charge in [0.1, 0.15) is 17.4 Å². The van der Waals surface area contributed by atoms with Gasteiger partial charge in [-0.05, 0) is 67.3 Å². The second-order valence-electron chi connectivity index (χ2n) is 12.4. The molecule has 0 unspecified atom stereocenters. The van der Waals surface area contributed by atoms with E-state index < -0.39 is 47.3 Å². The third kappa shape index (κ3) is 7.48. The van der Waals surface area contributed by atoms with Crippen molar-refractivity contribution in [1.82, 2.24) is 15.1 Å². The molecule has 1 aliphatic heterocycles. The largest absolute Gasteiger partial charge is 0.493 e. The van der Waals surface area contributed by atoms with Crippen molar-refractivity contribution in [2.45, 2.75) is 70.0 Å². The summed E-state index contributed by atoms with van der Waals surface area (Å²) in [6.07, 6.45) is 0.664. The molecule has 1 heterocycles. The number of carbonyl (C=O) groups excluding carboxylic acids is 6. The van der Waals surface area contributed by atoms with Crippen molar-refractivity contribution in [2.24, 2.45) is 16.6 Å². The van der Waals surface area contributed by atoms with E-state index in [1.807, 2.05) is 13.8 Å². The summed E-state index contributed by atoms with van der Waals surface area (Å²) >= 11 is 0. The Labute approximate surface area is 279 Å². The number of rotatable bonds is 13. The van der Waals surface area contributed by atoms with Crippen LogP contribution in [0.5, 0.6) is 11.5 Å². The number of methoxy groups -OCH3 is 2. The molecule has 14 nitrogen and oxygen atoms in total. The molecule has 4 N–H and O–H groups in total. The van der Waals surface area contributed by atoms with Crippen LogP contribution in [0.2, 0.25) is 0 Å². The number of nitrogens with zero attached hydrogens (tertiary/aromatic N) is 3. The van der Waals surface area contributed by atoms with E-state index in [-0.39, 0.29) is 56.9 Å². The van der Waals surface area contributed by atoms with E-state index in [2.05, 4.69) is 22.3 Å². The minimum Gasteiger partial charge on any atom is -0.493 e. The summed E-state index contributed by atoms with van der Waals surface area (Å²) in [5.74, 6) is -2.05. The summed E-state index contributed by atoms with van der Waals surface area (Å²) < 4.78 is 10.6. The van der Waals surface area contributed by atoms with Crippen LogP contribution in [0.4, 0.5) is 15.3 Å². The first-order chi connectivity index (χ1) is 22.8. The molecule has 256 valence electrons. The normalized spacial score (nSPS) is 16.9. The highest BCUT2D eigenvalue weighted by Gasteiger charge is 2.60. The van der Waals surface area contributed by atoms with Crippen LogP contribution in [0, 0.1) is 5.92 Å². The van der Waals surface area contributed by atoms with Crippen LogP contribution >= 0.6 is 0 Å². The summed E-state index contributed by atoms with van der Waals surface area (Å²) in [5.41, 5.74) is 6.04. The smallest absolute Gasteiger partial charge is 0.344 e. The summed E-state index contributed by atoms with van der Waals surface area (Å²) in [7, 11) is 2.94. The van der Waals surface area contributed by atoms with E-state index >= 15 is 0 Å². The maximum absolute atomic E-state index is 14.3. The predicted molar refractivity (Wildman–Crippen MR) is 177 cm³/mol. The fraction of sp³-hybridized carbons (Fsp3) is 0.441. The van der Waals surface area contributed by atoms with E-state index in [0.29, 0.717) is 28.3 Å². The molecule has 2 aromatic rings. The Bertz CT molecular complexity index is 1580. The third-order valence-electron chi connectivity index (χ3n) is 8.84. The predicted octanol–water partition coefficient (Wildman–Crippen LogP) is 3.38. The highest BCUT2D eigenvalue weighted by atomic mass is 16.5. The van der Waals surface area contributed by atoms with Gasteiger partial charge in [-0.25, -0.2) is 19.5 Å². The number of hydrogen-bond acceptors (Lipinski definition) is 8. The number of primary amides is 1. The number of urea groups is 2. The topological polar surface area (TPSA) is 190 Å². The van der Waals surface area contributed by atoms with Crippen molar-refractivity contribution in [3.8, 4) is 11.5 Å². The lowest BCUT2D eigenvalue weighted by molar-refractivity contribution is -0.142. The molecule has 1 spiro atoms. The number of benzene rings is 2. The number of nitrogens with two attached hydrogens (primary N) is 1. The van der Waals surface area contributed by atoms with Gasteiger partial charge in [0.05, 0.1) is 20.1 Å². The summed E-state index contributed by atoms with van der Waals surface area (Å²) in [6, 6.07) is 9.10. The summed E-state index contributed by atoms with van der Waals surface area (Å²) in [5, 5.41) is 5.32. The quantitative estimate of drug-likeness (QED) is 0.215. The minimum atomic E-state index is -1.31. The molecule has 0 radical (unpaired) electrons. The number of imide groups is 1. The van der Waals surface area contributed by atoms with E-state index in [1.54, 1.807) is 42.5 Å². The molecular formula is C34H42N6O8. The molecule has 2 atom stereocenters. The van der Waals surface area contributed by atoms with Gasteiger partial charge < -0.3 is 30.7 Å². The van der Waals surface area contributed by atoms with Gasteiger partial charge in [-0.2, -0.15) is 0 Å². The molecule has 2 aromatic carbocycles. The lowest BCUT2D eigenvalue weighted by atomic mass is 9.79. The van der Waals surface area contributed by atoms with Crippen molar-refractivity contribution in [3.63, 3.8) is 0 Å². The Morgan fingerprint density at radius 2 is 1.65 bits per heavy atom. The lowest BCUT2D eigenvalue weighted by Crippen LogP contribution is -2.54. The van der Waals surface area contributed by atoms with E-state index in [9.17, 15) is 28.8 Å². The fourth-order valence-corrected chi connectivity index (χ4v) is 6.25. The minimum absolute atomic E-state index is 0.000624.